The molecule has 1 fully saturated rings. The van der Waals surface area contributed by atoms with E-state index >= 15 is 0 Å². The van der Waals surface area contributed by atoms with Crippen molar-refractivity contribution in [2.45, 2.75) is 17.7 Å². The van der Waals surface area contributed by atoms with Gasteiger partial charge in [0.1, 0.15) is 0 Å². The number of halogens is 1. The van der Waals surface area contributed by atoms with Gasteiger partial charge < -0.3 is 9.72 Å². The van der Waals surface area contributed by atoms with Crippen molar-refractivity contribution in [1.82, 2.24) is 14.7 Å². The summed E-state index contributed by atoms with van der Waals surface area (Å²) in [5.74, 6) is -0.215. The maximum atomic E-state index is 12.7. The van der Waals surface area contributed by atoms with Crippen molar-refractivity contribution in [3.05, 3.63) is 64.3 Å². The molecule has 1 saturated heterocycles. The number of fused-ring (bicyclic) bond motifs is 1. The number of amides is 1. The summed E-state index contributed by atoms with van der Waals surface area (Å²) >= 11 is 3.45. The SMILES string of the molecule is O=C(CCc1ccc(S(=O)(=O)N2CCOCC2)cc1)NN=Cc1c[nH]c2ccc(Br)cc12. The Morgan fingerprint density at radius 3 is 2.69 bits per heavy atom. The smallest absolute Gasteiger partial charge is 0.243 e. The van der Waals surface area contributed by atoms with Crippen molar-refractivity contribution in [3.8, 4) is 0 Å². The number of aromatic nitrogens is 1. The molecule has 0 saturated carbocycles. The summed E-state index contributed by atoms with van der Waals surface area (Å²) in [6, 6.07) is 12.6. The number of carbonyl (C=O) groups excluding carboxylic acids is 1. The fraction of sp³-hybridized carbons (Fsp3) is 0.273. The Kier molecular flexibility index (Phi) is 7.04. The first-order valence-electron chi connectivity index (χ1n) is 10.2. The van der Waals surface area contributed by atoms with E-state index < -0.39 is 10.0 Å². The second-order valence-corrected chi connectivity index (χ2v) is 10.2. The first-order valence-corrected chi connectivity index (χ1v) is 12.4. The number of aromatic amines is 1. The highest BCUT2D eigenvalue weighted by molar-refractivity contribution is 9.10. The summed E-state index contributed by atoms with van der Waals surface area (Å²) in [7, 11) is -3.51. The molecule has 1 amide bonds. The number of benzene rings is 2. The minimum Gasteiger partial charge on any atom is -0.379 e. The minimum absolute atomic E-state index is 0.215. The van der Waals surface area contributed by atoms with Gasteiger partial charge in [-0.25, -0.2) is 13.8 Å². The number of sulfonamides is 1. The molecule has 0 bridgehead atoms. The van der Waals surface area contributed by atoms with Crippen LogP contribution in [0.4, 0.5) is 0 Å². The Bertz CT molecular complexity index is 1230. The molecule has 1 aliphatic rings. The quantitative estimate of drug-likeness (QED) is 0.370. The molecule has 4 rings (SSSR count). The van der Waals surface area contributed by atoms with Gasteiger partial charge in [0.2, 0.25) is 15.9 Å². The molecule has 32 heavy (non-hydrogen) atoms. The van der Waals surface area contributed by atoms with Gasteiger partial charge in [-0.1, -0.05) is 28.1 Å². The molecule has 1 aromatic heterocycles. The molecular weight excluding hydrogens is 496 g/mol. The van der Waals surface area contributed by atoms with E-state index in [1.807, 2.05) is 24.4 Å². The van der Waals surface area contributed by atoms with Gasteiger partial charge in [0, 0.05) is 46.6 Å². The van der Waals surface area contributed by atoms with E-state index in [1.54, 1.807) is 30.5 Å². The summed E-state index contributed by atoms with van der Waals surface area (Å²) in [6.45, 7) is 1.54. The van der Waals surface area contributed by atoms with Gasteiger partial charge in [-0.15, -0.1) is 0 Å². The lowest BCUT2D eigenvalue weighted by molar-refractivity contribution is -0.121. The van der Waals surface area contributed by atoms with E-state index in [2.05, 4.69) is 31.4 Å². The molecule has 3 aromatic rings. The summed E-state index contributed by atoms with van der Waals surface area (Å²) in [6.07, 6.45) is 4.17. The minimum atomic E-state index is -3.51. The molecule has 2 aromatic carbocycles. The molecule has 2 heterocycles. The number of ether oxygens (including phenoxy) is 1. The molecule has 0 unspecified atom stereocenters. The number of nitrogens with zero attached hydrogens (tertiary/aromatic N) is 2. The zero-order valence-electron chi connectivity index (χ0n) is 17.3. The number of hydrogen-bond donors (Lipinski definition) is 2. The van der Waals surface area contributed by atoms with Gasteiger partial charge in [0.25, 0.3) is 0 Å². The zero-order valence-corrected chi connectivity index (χ0v) is 19.7. The van der Waals surface area contributed by atoms with Crippen molar-refractivity contribution < 1.29 is 17.9 Å². The van der Waals surface area contributed by atoms with Gasteiger partial charge in [-0.3, -0.25) is 4.79 Å². The summed E-state index contributed by atoms with van der Waals surface area (Å²) < 4.78 is 33.0. The van der Waals surface area contributed by atoms with Gasteiger partial charge in [0.05, 0.1) is 24.3 Å². The van der Waals surface area contributed by atoms with Gasteiger partial charge in [-0.05, 0) is 42.3 Å². The van der Waals surface area contributed by atoms with Crippen molar-refractivity contribution >= 4 is 49.0 Å². The van der Waals surface area contributed by atoms with E-state index in [4.69, 9.17) is 4.74 Å². The molecule has 0 atom stereocenters. The number of nitrogens with one attached hydrogen (secondary N) is 2. The summed E-state index contributed by atoms with van der Waals surface area (Å²) in [5.41, 5.74) is 5.28. The lowest BCUT2D eigenvalue weighted by Crippen LogP contribution is -2.40. The van der Waals surface area contributed by atoms with Crippen LogP contribution in [0.15, 0.2) is 63.1 Å². The fourth-order valence-corrected chi connectivity index (χ4v) is 5.24. The lowest BCUT2D eigenvalue weighted by Gasteiger charge is -2.26. The summed E-state index contributed by atoms with van der Waals surface area (Å²) in [5, 5.41) is 5.05. The predicted molar refractivity (Wildman–Crippen MR) is 126 cm³/mol. The molecule has 0 spiro atoms. The van der Waals surface area contributed by atoms with E-state index in [-0.39, 0.29) is 17.2 Å². The average molecular weight is 519 g/mol. The predicted octanol–water partition coefficient (Wildman–Crippen LogP) is 3.03. The molecular formula is C22H23BrN4O4S. The molecule has 2 N–H and O–H groups in total. The Morgan fingerprint density at radius 2 is 1.94 bits per heavy atom. The van der Waals surface area contributed by atoms with Crippen molar-refractivity contribution in [1.29, 1.82) is 0 Å². The number of aryl methyl sites for hydroxylation is 1. The number of H-pyrrole nitrogens is 1. The Balaban J connectivity index is 1.30. The van der Waals surface area contributed by atoms with Crippen LogP contribution in [0, 0.1) is 0 Å². The molecule has 1 aliphatic heterocycles. The molecule has 10 heteroatoms. The van der Waals surface area contributed by atoms with Crippen molar-refractivity contribution in [3.63, 3.8) is 0 Å². The topological polar surface area (TPSA) is 104 Å². The standard InChI is InChI=1S/C22H23BrN4O4S/c23-18-4-7-21-20(13-18)17(14-24-21)15-25-26-22(28)8-3-16-1-5-19(6-2-16)32(29,30)27-9-11-31-12-10-27/h1-2,4-7,13-15,24H,3,8-12H2,(H,26,28). The Labute approximate surface area is 194 Å². The fourth-order valence-electron chi connectivity index (χ4n) is 3.47. The third-order valence-corrected chi connectivity index (χ3v) is 7.65. The van der Waals surface area contributed by atoms with Crippen LogP contribution in [0.3, 0.4) is 0 Å². The third kappa shape index (κ3) is 5.26. The van der Waals surface area contributed by atoms with Crippen LogP contribution in [0.2, 0.25) is 0 Å². The van der Waals surface area contributed by atoms with Crippen LogP contribution < -0.4 is 5.43 Å². The maximum absolute atomic E-state index is 12.7. The van der Waals surface area contributed by atoms with Gasteiger partial charge in [-0.2, -0.15) is 9.41 Å². The lowest BCUT2D eigenvalue weighted by atomic mass is 10.1. The monoisotopic (exact) mass is 518 g/mol. The zero-order chi connectivity index (χ0) is 22.6. The second-order valence-electron chi connectivity index (χ2n) is 7.39. The van der Waals surface area contributed by atoms with Crippen LogP contribution in [0.1, 0.15) is 17.5 Å². The highest BCUT2D eigenvalue weighted by atomic mass is 79.9. The van der Waals surface area contributed by atoms with Gasteiger partial charge in [0.15, 0.2) is 0 Å². The number of hydrogen-bond acceptors (Lipinski definition) is 5. The third-order valence-electron chi connectivity index (χ3n) is 5.24. The van der Waals surface area contributed by atoms with Crippen LogP contribution >= 0.6 is 15.9 Å². The second kappa shape index (κ2) is 9.95. The molecule has 0 radical (unpaired) electrons. The van der Waals surface area contributed by atoms with E-state index in [0.717, 1.165) is 26.5 Å². The maximum Gasteiger partial charge on any atom is 0.243 e. The number of morpholine rings is 1. The van der Waals surface area contributed by atoms with E-state index in [0.29, 0.717) is 32.7 Å². The Hall–Kier alpha value is -2.53. The number of rotatable bonds is 7. The van der Waals surface area contributed by atoms with E-state index in [9.17, 15) is 13.2 Å². The number of hydrazone groups is 1. The average Bonchev–Trinajstić information content (AvgIpc) is 3.20. The van der Waals surface area contributed by atoms with Gasteiger partial charge >= 0.3 is 0 Å². The van der Waals surface area contributed by atoms with Crippen molar-refractivity contribution in [2.24, 2.45) is 5.10 Å². The van der Waals surface area contributed by atoms with Crippen LogP contribution in [-0.2, 0) is 26.0 Å². The van der Waals surface area contributed by atoms with Crippen LogP contribution in [0.25, 0.3) is 10.9 Å². The van der Waals surface area contributed by atoms with Crippen LogP contribution in [-0.4, -0.2) is 56.1 Å². The van der Waals surface area contributed by atoms with Crippen molar-refractivity contribution in [2.75, 3.05) is 26.3 Å². The molecule has 168 valence electrons. The molecule has 0 aliphatic carbocycles. The van der Waals surface area contributed by atoms with E-state index in [1.165, 1.54) is 4.31 Å². The first-order chi connectivity index (χ1) is 15.4. The molecule has 8 nitrogen and oxygen atoms in total. The highest BCUT2D eigenvalue weighted by Gasteiger charge is 2.26. The first kappa shape index (κ1) is 22.7. The highest BCUT2D eigenvalue weighted by Crippen LogP contribution is 2.21. The number of carbonyl (C=O) groups is 1. The van der Waals surface area contributed by atoms with Crippen LogP contribution in [0.5, 0.6) is 0 Å². The normalized spacial score (nSPS) is 15.4. The Morgan fingerprint density at radius 1 is 1.19 bits per heavy atom. The largest absolute Gasteiger partial charge is 0.379 e. The summed E-state index contributed by atoms with van der Waals surface area (Å²) in [4.78, 5) is 15.6.